The summed E-state index contributed by atoms with van der Waals surface area (Å²) >= 11 is 0. The van der Waals surface area contributed by atoms with Crippen LogP contribution >= 0.6 is 0 Å². The standard InChI is InChI=1S/C10H16N2O3S/c1-3-5-16(13,14)9-6-8(11)7-12-10(9)15-4-2/h6-7H,3-5,11H2,1-2H3. The summed E-state index contributed by atoms with van der Waals surface area (Å²) in [6.45, 7) is 3.94. The Morgan fingerprint density at radius 1 is 1.44 bits per heavy atom. The fraction of sp³-hybridized carbons (Fsp3) is 0.500. The number of hydrogen-bond acceptors (Lipinski definition) is 5. The molecule has 0 aromatic carbocycles. The Kier molecular flexibility index (Phi) is 4.12. The van der Waals surface area contributed by atoms with Gasteiger partial charge in [-0.3, -0.25) is 0 Å². The lowest BCUT2D eigenvalue weighted by Crippen LogP contribution is -2.10. The molecule has 1 aromatic rings. The zero-order chi connectivity index (χ0) is 12.2. The van der Waals surface area contributed by atoms with E-state index in [0.29, 0.717) is 18.7 Å². The molecule has 5 nitrogen and oxygen atoms in total. The number of anilines is 1. The zero-order valence-electron chi connectivity index (χ0n) is 9.43. The van der Waals surface area contributed by atoms with Crippen LogP contribution in [0.4, 0.5) is 5.69 Å². The predicted molar refractivity (Wildman–Crippen MR) is 62.2 cm³/mol. The molecule has 16 heavy (non-hydrogen) atoms. The van der Waals surface area contributed by atoms with Gasteiger partial charge in [-0.1, -0.05) is 6.92 Å². The molecule has 0 atom stereocenters. The lowest BCUT2D eigenvalue weighted by molar-refractivity contribution is 0.317. The lowest BCUT2D eigenvalue weighted by atomic mass is 10.4. The van der Waals surface area contributed by atoms with Crippen LogP contribution in [0.3, 0.4) is 0 Å². The molecule has 1 rings (SSSR count). The van der Waals surface area contributed by atoms with Gasteiger partial charge in [0, 0.05) is 0 Å². The van der Waals surface area contributed by atoms with Crippen molar-refractivity contribution in [2.75, 3.05) is 18.1 Å². The number of pyridine rings is 1. The van der Waals surface area contributed by atoms with E-state index >= 15 is 0 Å². The van der Waals surface area contributed by atoms with Crippen molar-refractivity contribution in [3.8, 4) is 5.88 Å². The molecule has 6 heteroatoms. The van der Waals surface area contributed by atoms with Crippen molar-refractivity contribution in [1.29, 1.82) is 0 Å². The second-order valence-electron chi connectivity index (χ2n) is 3.32. The number of hydrogen-bond donors (Lipinski definition) is 1. The monoisotopic (exact) mass is 244 g/mol. The molecule has 1 aromatic heterocycles. The van der Waals surface area contributed by atoms with Gasteiger partial charge in [-0.15, -0.1) is 0 Å². The number of nitrogens with two attached hydrogens (primary N) is 1. The average molecular weight is 244 g/mol. The SMILES string of the molecule is CCCS(=O)(=O)c1cc(N)cnc1OCC. The highest BCUT2D eigenvalue weighted by molar-refractivity contribution is 7.91. The Balaban J connectivity index is 3.24. The highest BCUT2D eigenvalue weighted by Crippen LogP contribution is 2.24. The first-order valence-electron chi connectivity index (χ1n) is 5.12. The predicted octanol–water partition coefficient (Wildman–Crippen LogP) is 1.25. The first kappa shape index (κ1) is 12.8. The molecule has 0 aliphatic carbocycles. The summed E-state index contributed by atoms with van der Waals surface area (Å²) in [7, 11) is -3.35. The summed E-state index contributed by atoms with van der Waals surface area (Å²) < 4.78 is 29.0. The first-order valence-corrected chi connectivity index (χ1v) is 6.77. The molecule has 0 saturated carbocycles. The van der Waals surface area contributed by atoms with E-state index in [1.807, 2.05) is 0 Å². The number of nitrogens with zero attached hydrogens (tertiary/aromatic N) is 1. The average Bonchev–Trinajstić information content (AvgIpc) is 2.21. The number of rotatable bonds is 5. The van der Waals surface area contributed by atoms with Crippen LogP contribution in [-0.4, -0.2) is 25.8 Å². The van der Waals surface area contributed by atoms with Crippen molar-refractivity contribution in [1.82, 2.24) is 4.98 Å². The molecule has 0 aliphatic rings. The van der Waals surface area contributed by atoms with Gasteiger partial charge in [-0.25, -0.2) is 13.4 Å². The van der Waals surface area contributed by atoms with Gasteiger partial charge in [0.1, 0.15) is 4.90 Å². The van der Waals surface area contributed by atoms with Gasteiger partial charge in [0.15, 0.2) is 9.84 Å². The van der Waals surface area contributed by atoms with E-state index in [9.17, 15) is 8.42 Å². The van der Waals surface area contributed by atoms with E-state index in [0.717, 1.165) is 0 Å². The van der Waals surface area contributed by atoms with Gasteiger partial charge in [-0.05, 0) is 19.4 Å². The van der Waals surface area contributed by atoms with Crippen LogP contribution in [0.5, 0.6) is 5.88 Å². The van der Waals surface area contributed by atoms with Gasteiger partial charge in [0.2, 0.25) is 5.88 Å². The number of aromatic nitrogens is 1. The summed E-state index contributed by atoms with van der Waals surface area (Å²) in [5.74, 6) is 0.197. The third-order valence-corrected chi connectivity index (χ3v) is 3.84. The van der Waals surface area contributed by atoms with Crippen molar-refractivity contribution >= 4 is 15.5 Å². The van der Waals surface area contributed by atoms with E-state index in [2.05, 4.69) is 4.98 Å². The molecule has 90 valence electrons. The third kappa shape index (κ3) is 2.85. The van der Waals surface area contributed by atoms with Crippen LogP contribution in [0.25, 0.3) is 0 Å². The second kappa shape index (κ2) is 5.16. The summed E-state index contributed by atoms with van der Waals surface area (Å²) in [6.07, 6.45) is 1.93. The first-order chi connectivity index (χ1) is 7.51. The van der Waals surface area contributed by atoms with Crippen molar-refractivity contribution in [2.24, 2.45) is 0 Å². The maximum absolute atomic E-state index is 11.9. The maximum Gasteiger partial charge on any atom is 0.232 e. The Morgan fingerprint density at radius 2 is 2.12 bits per heavy atom. The fourth-order valence-electron chi connectivity index (χ4n) is 1.29. The van der Waals surface area contributed by atoms with E-state index in [1.165, 1.54) is 12.3 Å². The van der Waals surface area contributed by atoms with E-state index in [1.54, 1.807) is 13.8 Å². The van der Waals surface area contributed by atoms with E-state index in [-0.39, 0.29) is 16.5 Å². The molecule has 0 saturated heterocycles. The highest BCUT2D eigenvalue weighted by Gasteiger charge is 2.20. The van der Waals surface area contributed by atoms with Crippen LogP contribution in [-0.2, 0) is 9.84 Å². The van der Waals surface area contributed by atoms with Gasteiger partial charge in [0.25, 0.3) is 0 Å². The molecule has 0 aliphatic heterocycles. The van der Waals surface area contributed by atoms with Crippen molar-refractivity contribution in [2.45, 2.75) is 25.2 Å². The highest BCUT2D eigenvalue weighted by atomic mass is 32.2. The molecule has 1 heterocycles. The van der Waals surface area contributed by atoms with Crippen LogP contribution in [0.2, 0.25) is 0 Å². The Bertz CT molecular complexity index is 457. The minimum absolute atomic E-state index is 0.0677. The van der Waals surface area contributed by atoms with Gasteiger partial charge in [-0.2, -0.15) is 0 Å². The molecule has 2 N–H and O–H groups in total. The molecule has 0 amide bonds. The normalized spacial score (nSPS) is 11.4. The number of sulfone groups is 1. The smallest absolute Gasteiger partial charge is 0.232 e. The topological polar surface area (TPSA) is 82.3 Å². The summed E-state index contributed by atoms with van der Waals surface area (Å²) in [4.78, 5) is 3.97. The molecule has 0 unspecified atom stereocenters. The van der Waals surface area contributed by atoms with E-state index < -0.39 is 9.84 Å². The molecular weight excluding hydrogens is 228 g/mol. The van der Waals surface area contributed by atoms with Gasteiger partial charge >= 0.3 is 0 Å². The van der Waals surface area contributed by atoms with Crippen LogP contribution < -0.4 is 10.5 Å². The zero-order valence-corrected chi connectivity index (χ0v) is 10.3. The molecule has 0 spiro atoms. The van der Waals surface area contributed by atoms with Gasteiger partial charge < -0.3 is 10.5 Å². The minimum Gasteiger partial charge on any atom is -0.477 e. The largest absolute Gasteiger partial charge is 0.477 e. The summed E-state index contributed by atoms with van der Waals surface area (Å²) in [5.41, 5.74) is 5.85. The quantitative estimate of drug-likeness (QED) is 0.842. The molecule has 0 bridgehead atoms. The number of ether oxygens (including phenoxy) is 1. The van der Waals surface area contributed by atoms with Crippen LogP contribution in [0.1, 0.15) is 20.3 Å². The van der Waals surface area contributed by atoms with Crippen molar-refractivity contribution in [3.05, 3.63) is 12.3 Å². The Hall–Kier alpha value is -1.30. The maximum atomic E-state index is 11.9. The number of nitrogen functional groups attached to an aromatic ring is 1. The Morgan fingerprint density at radius 3 is 2.69 bits per heavy atom. The van der Waals surface area contributed by atoms with Crippen molar-refractivity contribution in [3.63, 3.8) is 0 Å². The molecule has 0 fully saturated rings. The van der Waals surface area contributed by atoms with Crippen LogP contribution in [0.15, 0.2) is 17.2 Å². The van der Waals surface area contributed by atoms with Crippen molar-refractivity contribution < 1.29 is 13.2 Å². The lowest BCUT2D eigenvalue weighted by Gasteiger charge is -2.09. The molecule has 0 radical (unpaired) electrons. The Labute approximate surface area is 95.6 Å². The second-order valence-corrected chi connectivity index (χ2v) is 5.40. The van der Waals surface area contributed by atoms with Gasteiger partial charge in [0.05, 0.1) is 24.2 Å². The minimum atomic E-state index is -3.35. The summed E-state index contributed by atoms with van der Waals surface area (Å²) in [5, 5.41) is 0. The molecular formula is C10H16N2O3S. The fourth-order valence-corrected chi connectivity index (χ4v) is 2.74. The summed E-state index contributed by atoms with van der Waals surface area (Å²) in [6, 6.07) is 1.39. The van der Waals surface area contributed by atoms with E-state index in [4.69, 9.17) is 10.5 Å². The third-order valence-electron chi connectivity index (χ3n) is 1.93. The van der Waals surface area contributed by atoms with Crippen LogP contribution in [0, 0.1) is 0 Å².